The lowest BCUT2D eigenvalue weighted by atomic mass is 9.93. The van der Waals surface area contributed by atoms with Crippen molar-refractivity contribution >= 4 is 5.91 Å². The molecule has 2 aromatic rings. The SMILES string of the molecule is N#Cc1nccnc1OC1CCC(NC(=O)c2cc(=O)[nH]c(=O)[nH]2)CC1. The fourth-order valence-electron chi connectivity index (χ4n) is 2.83. The molecule has 2 heterocycles. The Hall–Kier alpha value is -3.48. The number of hydrogen-bond acceptors (Lipinski definition) is 7. The third kappa shape index (κ3) is 4.13. The first-order chi connectivity index (χ1) is 12.5. The topological polar surface area (TPSA) is 154 Å². The summed E-state index contributed by atoms with van der Waals surface area (Å²) < 4.78 is 5.74. The number of nitrogens with one attached hydrogen (secondary N) is 3. The van der Waals surface area contributed by atoms with Gasteiger partial charge in [-0.05, 0) is 25.7 Å². The smallest absolute Gasteiger partial charge is 0.326 e. The first-order valence-electron chi connectivity index (χ1n) is 8.07. The average molecular weight is 356 g/mol. The lowest BCUT2D eigenvalue weighted by Gasteiger charge is -2.29. The molecule has 10 nitrogen and oxygen atoms in total. The Morgan fingerprint density at radius 1 is 1.19 bits per heavy atom. The predicted molar refractivity (Wildman–Crippen MR) is 88.6 cm³/mol. The van der Waals surface area contributed by atoms with Crippen LogP contribution < -0.4 is 21.3 Å². The maximum absolute atomic E-state index is 12.2. The molecule has 0 radical (unpaired) electrons. The van der Waals surface area contributed by atoms with Gasteiger partial charge in [0.15, 0.2) is 0 Å². The Kier molecular flexibility index (Phi) is 5.07. The van der Waals surface area contributed by atoms with E-state index in [0.29, 0.717) is 25.7 Å². The van der Waals surface area contributed by atoms with E-state index < -0.39 is 17.2 Å². The Morgan fingerprint density at radius 2 is 1.92 bits per heavy atom. The summed E-state index contributed by atoms with van der Waals surface area (Å²) in [7, 11) is 0. The number of nitriles is 1. The minimum Gasteiger partial charge on any atom is -0.472 e. The highest BCUT2D eigenvalue weighted by Gasteiger charge is 2.25. The summed E-state index contributed by atoms with van der Waals surface area (Å²) in [4.78, 5) is 46.9. The van der Waals surface area contributed by atoms with Gasteiger partial charge in [-0.15, -0.1) is 0 Å². The van der Waals surface area contributed by atoms with E-state index in [1.807, 2.05) is 11.1 Å². The van der Waals surface area contributed by atoms with E-state index in [2.05, 4.69) is 20.3 Å². The molecule has 1 amide bonds. The molecule has 3 rings (SSSR count). The van der Waals surface area contributed by atoms with Crippen molar-refractivity contribution in [2.75, 3.05) is 0 Å². The van der Waals surface area contributed by atoms with Crippen LogP contribution in [-0.2, 0) is 0 Å². The highest BCUT2D eigenvalue weighted by atomic mass is 16.5. The van der Waals surface area contributed by atoms with Gasteiger partial charge in [-0.25, -0.2) is 14.8 Å². The Morgan fingerprint density at radius 3 is 2.62 bits per heavy atom. The minimum absolute atomic E-state index is 0.0738. The van der Waals surface area contributed by atoms with Gasteiger partial charge in [0.2, 0.25) is 5.69 Å². The number of amides is 1. The van der Waals surface area contributed by atoms with Crippen molar-refractivity contribution < 1.29 is 9.53 Å². The van der Waals surface area contributed by atoms with Crippen LogP contribution in [0, 0.1) is 11.3 Å². The molecule has 1 fully saturated rings. The van der Waals surface area contributed by atoms with Gasteiger partial charge in [0.05, 0.1) is 0 Å². The molecule has 26 heavy (non-hydrogen) atoms. The zero-order chi connectivity index (χ0) is 18.5. The number of hydrogen-bond donors (Lipinski definition) is 3. The second-order valence-corrected chi connectivity index (χ2v) is 5.89. The summed E-state index contributed by atoms with van der Waals surface area (Å²) in [6.07, 6.45) is 5.42. The summed E-state index contributed by atoms with van der Waals surface area (Å²) in [6, 6.07) is 2.88. The summed E-state index contributed by atoms with van der Waals surface area (Å²) in [5, 5.41) is 11.8. The van der Waals surface area contributed by atoms with E-state index in [0.717, 1.165) is 6.07 Å². The molecular weight excluding hydrogens is 340 g/mol. The number of nitrogens with zero attached hydrogens (tertiary/aromatic N) is 3. The van der Waals surface area contributed by atoms with E-state index in [-0.39, 0.29) is 29.4 Å². The van der Waals surface area contributed by atoms with Gasteiger partial charge in [0, 0.05) is 24.5 Å². The van der Waals surface area contributed by atoms with E-state index in [1.54, 1.807) is 0 Å². The summed E-state index contributed by atoms with van der Waals surface area (Å²) in [6.45, 7) is 0. The van der Waals surface area contributed by atoms with Crippen LogP contribution in [-0.4, -0.2) is 38.0 Å². The fraction of sp³-hybridized carbons (Fsp3) is 0.375. The first kappa shape index (κ1) is 17.3. The van der Waals surface area contributed by atoms with Crippen LogP contribution in [0.15, 0.2) is 28.0 Å². The van der Waals surface area contributed by atoms with Crippen LogP contribution in [0.2, 0.25) is 0 Å². The molecule has 1 aliphatic carbocycles. The third-order valence-corrected chi connectivity index (χ3v) is 4.06. The number of carbonyl (C=O) groups excluding carboxylic acids is 1. The maximum atomic E-state index is 12.2. The second-order valence-electron chi connectivity index (χ2n) is 5.89. The molecule has 3 N–H and O–H groups in total. The van der Waals surface area contributed by atoms with E-state index in [4.69, 9.17) is 10.00 Å². The number of rotatable bonds is 4. The number of aromatic nitrogens is 4. The molecule has 10 heteroatoms. The van der Waals surface area contributed by atoms with Crippen molar-refractivity contribution in [2.24, 2.45) is 0 Å². The number of carbonyl (C=O) groups is 1. The van der Waals surface area contributed by atoms with E-state index in [9.17, 15) is 14.4 Å². The van der Waals surface area contributed by atoms with E-state index >= 15 is 0 Å². The number of H-pyrrole nitrogens is 2. The molecule has 1 saturated carbocycles. The molecular formula is C16H16N6O4. The van der Waals surface area contributed by atoms with Crippen LogP contribution in [0.5, 0.6) is 5.88 Å². The van der Waals surface area contributed by atoms with Crippen LogP contribution >= 0.6 is 0 Å². The molecule has 0 atom stereocenters. The first-order valence-corrected chi connectivity index (χ1v) is 8.07. The monoisotopic (exact) mass is 356 g/mol. The maximum Gasteiger partial charge on any atom is 0.326 e. The van der Waals surface area contributed by atoms with Crippen molar-refractivity contribution in [2.45, 2.75) is 37.8 Å². The molecule has 0 aliphatic heterocycles. The van der Waals surface area contributed by atoms with Crippen LogP contribution in [0.25, 0.3) is 0 Å². The molecule has 0 bridgehead atoms. The van der Waals surface area contributed by atoms with Gasteiger partial charge in [-0.3, -0.25) is 14.6 Å². The fourth-order valence-corrected chi connectivity index (χ4v) is 2.83. The standard InChI is InChI=1S/C16H16N6O4/c17-8-12-15(19-6-5-18-12)26-10-3-1-9(2-4-10)20-14(24)11-7-13(23)22-16(25)21-11/h5-7,9-10H,1-4H2,(H,20,24)(H2,21,22,23,25). The Balaban J connectivity index is 1.55. The van der Waals surface area contributed by atoms with E-state index in [1.165, 1.54) is 12.4 Å². The zero-order valence-electron chi connectivity index (χ0n) is 13.7. The van der Waals surface area contributed by atoms with Crippen LogP contribution in [0.4, 0.5) is 0 Å². The summed E-state index contributed by atoms with van der Waals surface area (Å²) in [5.41, 5.74) is -1.29. The van der Waals surface area contributed by atoms with Gasteiger partial charge < -0.3 is 15.0 Å². The summed E-state index contributed by atoms with van der Waals surface area (Å²) >= 11 is 0. The molecule has 2 aromatic heterocycles. The van der Waals surface area contributed by atoms with Crippen molar-refractivity contribution in [3.05, 3.63) is 50.7 Å². The summed E-state index contributed by atoms with van der Waals surface area (Å²) in [5.74, 6) is -0.290. The molecule has 0 aromatic carbocycles. The van der Waals surface area contributed by atoms with Crippen molar-refractivity contribution in [1.82, 2.24) is 25.3 Å². The van der Waals surface area contributed by atoms with Crippen molar-refractivity contribution in [3.8, 4) is 11.9 Å². The largest absolute Gasteiger partial charge is 0.472 e. The highest BCUT2D eigenvalue weighted by molar-refractivity contribution is 5.92. The molecule has 134 valence electrons. The second kappa shape index (κ2) is 7.60. The van der Waals surface area contributed by atoms with Gasteiger partial charge >= 0.3 is 5.69 Å². The normalized spacial score (nSPS) is 19.3. The van der Waals surface area contributed by atoms with Gasteiger partial charge in [0.25, 0.3) is 17.3 Å². The van der Waals surface area contributed by atoms with Gasteiger partial charge in [0.1, 0.15) is 17.9 Å². The predicted octanol–water partition coefficient (Wildman–Crippen LogP) is -0.155. The average Bonchev–Trinajstić information content (AvgIpc) is 2.63. The molecule has 1 aliphatic rings. The van der Waals surface area contributed by atoms with Crippen molar-refractivity contribution in [1.29, 1.82) is 5.26 Å². The molecule has 0 saturated heterocycles. The molecule has 0 spiro atoms. The third-order valence-electron chi connectivity index (χ3n) is 4.06. The van der Waals surface area contributed by atoms with Gasteiger partial charge in [-0.2, -0.15) is 5.26 Å². The highest BCUT2D eigenvalue weighted by Crippen LogP contribution is 2.24. The van der Waals surface area contributed by atoms with Crippen molar-refractivity contribution in [3.63, 3.8) is 0 Å². The number of ether oxygens (including phenoxy) is 1. The minimum atomic E-state index is -0.725. The van der Waals surface area contributed by atoms with Gasteiger partial charge in [-0.1, -0.05) is 0 Å². The lowest BCUT2D eigenvalue weighted by molar-refractivity contribution is 0.0884. The number of aromatic amines is 2. The Labute approximate surface area is 147 Å². The van der Waals surface area contributed by atoms with Crippen LogP contribution in [0.3, 0.4) is 0 Å². The molecule has 0 unspecified atom stereocenters. The van der Waals surface area contributed by atoms with Crippen LogP contribution in [0.1, 0.15) is 41.9 Å². The quantitative estimate of drug-likeness (QED) is 0.688. The zero-order valence-corrected chi connectivity index (χ0v) is 13.7. The lowest BCUT2D eigenvalue weighted by Crippen LogP contribution is -2.41. The Bertz CT molecular complexity index is 924.